The van der Waals surface area contributed by atoms with E-state index in [-0.39, 0.29) is 41.2 Å². The number of likely N-dealkylation sites (N-methyl/N-ethyl adjacent to an activating group) is 1. The van der Waals surface area contributed by atoms with Gasteiger partial charge >= 0.3 is 0 Å². The third-order valence-corrected chi connectivity index (χ3v) is 12.2. The molecule has 0 bridgehead atoms. The first kappa shape index (κ1) is 48.6. The van der Waals surface area contributed by atoms with Gasteiger partial charge in [-0.05, 0) is 75.3 Å². The molecule has 1 aliphatic carbocycles. The number of carbonyl (C=O) groups excluding carboxylic acids is 3. The molecular formula is C46H70FN7O6. The zero-order chi connectivity index (χ0) is 43.4. The molecule has 14 heteroatoms. The Morgan fingerprint density at radius 1 is 0.867 bits per heavy atom. The summed E-state index contributed by atoms with van der Waals surface area (Å²) < 4.78 is 19.7. The fraction of sp³-hybridized carbons (Fsp3) is 0.630. The number of nitrogens with two attached hydrogens (primary N) is 1. The van der Waals surface area contributed by atoms with Gasteiger partial charge in [-0.2, -0.15) is 5.10 Å². The maximum atomic E-state index is 13.3. The van der Waals surface area contributed by atoms with Gasteiger partial charge < -0.3 is 30.3 Å². The molecule has 1 atom stereocenters. The van der Waals surface area contributed by atoms with Crippen molar-refractivity contribution < 1.29 is 28.6 Å². The smallest absolute Gasteiger partial charge is 0.272 e. The first-order valence-corrected chi connectivity index (χ1v) is 22.1. The number of nitrogens with one attached hydrogen (secondary N) is 1. The van der Waals surface area contributed by atoms with E-state index in [0.717, 1.165) is 109 Å². The number of aldehydes is 1. The SMILES string of the molecule is CCCC.CN1CCN(C(=O)CN2CCC(OC3CCN(C(=O)C(N)C4CCCCC4)CC3)CC2)CC1.CO.O=Cc1cc(Cc2n[nH]c(=O)c3ccccc23)ccc1F. The highest BCUT2D eigenvalue weighted by atomic mass is 19.1. The van der Waals surface area contributed by atoms with Gasteiger partial charge in [0.05, 0.1) is 41.4 Å². The largest absolute Gasteiger partial charge is 0.400 e. The molecular weight excluding hydrogens is 766 g/mol. The number of halogens is 1. The number of hydrogen-bond donors (Lipinski definition) is 3. The first-order valence-electron chi connectivity index (χ1n) is 22.1. The molecule has 3 aromatic rings. The third kappa shape index (κ3) is 14.5. The molecule has 4 heterocycles. The first-order chi connectivity index (χ1) is 29.1. The molecule has 7 rings (SSSR count). The third-order valence-electron chi connectivity index (χ3n) is 12.2. The molecule has 0 radical (unpaired) electrons. The minimum atomic E-state index is -0.548. The Morgan fingerprint density at radius 3 is 2.07 bits per heavy atom. The van der Waals surface area contributed by atoms with E-state index in [1.54, 1.807) is 18.2 Å². The number of aliphatic hydroxyl groups excluding tert-OH is 1. The maximum absolute atomic E-state index is 13.3. The molecule has 4 aliphatic rings. The molecule has 3 aliphatic heterocycles. The van der Waals surface area contributed by atoms with Gasteiger partial charge in [0.15, 0.2) is 6.29 Å². The number of fused-ring (bicyclic) bond motifs is 1. The molecule has 0 spiro atoms. The average Bonchev–Trinajstić information content (AvgIpc) is 3.30. The number of rotatable bonds is 10. The van der Waals surface area contributed by atoms with E-state index < -0.39 is 5.82 Å². The lowest BCUT2D eigenvalue weighted by Gasteiger charge is -2.39. The van der Waals surface area contributed by atoms with Crippen LogP contribution in [0.25, 0.3) is 10.8 Å². The molecule has 2 aromatic carbocycles. The van der Waals surface area contributed by atoms with E-state index in [9.17, 15) is 23.6 Å². The Labute approximate surface area is 355 Å². The predicted octanol–water partition coefficient (Wildman–Crippen LogP) is 5.02. The number of H-pyrrole nitrogens is 1. The van der Waals surface area contributed by atoms with Crippen molar-refractivity contribution in [1.29, 1.82) is 0 Å². The minimum absolute atomic E-state index is 0.0150. The second-order valence-electron chi connectivity index (χ2n) is 16.4. The van der Waals surface area contributed by atoms with Crippen LogP contribution in [0.5, 0.6) is 0 Å². The summed E-state index contributed by atoms with van der Waals surface area (Å²) in [5.74, 6) is 0.242. The van der Waals surface area contributed by atoms with Crippen LogP contribution in [-0.2, 0) is 20.7 Å². The van der Waals surface area contributed by atoms with Crippen molar-refractivity contribution in [3.63, 3.8) is 0 Å². The summed E-state index contributed by atoms with van der Waals surface area (Å²) in [5, 5.41) is 14.8. The van der Waals surface area contributed by atoms with Crippen LogP contribution in [0.3, 0.4) is 0 Å². The van der Waals surface area contributed by atoms with Crippen LogP contribution in [0.1, 0.15) is 106 Å². The van der Waals surface area contributed by atoms with Gasteiger partial charge in [-0.15, -0.1) is 0 Å². The van der Waals surface area contributed by atoms with Crippen molar-refractivity contribution in [3.05, 3.63) is 75.5 Å². The number of benzene rings is 2. The average molecular weight is 836 g/mol. The molecule has 4 N–H and O–H groups in total. The number of amides is 2. The summed E-state index contributed by atoms with van der Waals surface area (Å²) in [5.41, 5.74) is 7.55. The molecule has 2 amide bonds. The van der Waals surface area contributed by atoms with Crippen molar-refractivity contribution in [2.45, 2.75) is 109 Å². The number of piperidine rings is 2. The van der Waals surface area contributed by atoms with Crippen molar-refractivity contribution in [3.8, 4) is 0 Å². The van der Waals surface area contributed by atoms with Gasteiger partial charge in [0, 0.05) is 71.3 Å². The quantitative estimate of drug-likeness (QED) is 0.236. The topological polar surface area (TPSA) is 165 Å². The Morgan fingerprint density at radius 2 is 1.47 bits per heavy atom. The van der Waals surface area contributed by atoms with E-state index in [2.05, 4.69) is 40.9 Å². The number of carbonyl (C=O) groups is 3. The fourth-order valence-corrected chi connectivity index (χ4v) is 8.23. The predicted molar refractivity (Wildman–Crippen MR) is 234 cm³/mol. The number of ether oxygens (including phenoxy) is 1. The number of aromatic amines is 1. The van der Waals surface area contributed by atoms with Crippen LogP contribution in [0, 0.1) is 11.7 Å². The van der Waals surface area contributed by atoms with Gasteiger partial charge in [0.2, 0.25) is 11.8 Å². The van der Waals surface area contributed by atoms with Gasteiger partial charge in [0.25, 0.3) is 5.56 Å². The lowest BCUT2D eigenvalue weighted by atomic mass is 9.83. The summed E-state index contributed by atoms with van der Waals surface area (Å²) in [6.07, 6.45) is 13.7. The van der Waals surface area contributed by atoms with E-state index in [1.807, 2.05) is 21.9 Å². The summed E-state index contributed by atoms with van der Waals surface area (Å²) in [6.45, 7) is 11.9. The summed E-state index contributed by atoms with van der Waals surface area (Å²) in [7, 11) is 3.11. The molecule has 4 fully saturated rings. The number of likely N-dealkylation sites (tertiary alicyclic amines) is 2. The summed E-state index contributed by atoms with van der Waals surface area (Å²) in [4.78, 5) is 56.5. The molecule has 3 saturated heterocycles. The lowest BCUT2D eigenvalue weighted by Crippen LogP contribution is -2.52. The Balaban J connectivity index is 0.000000251. The second kappa shape index (κ2) is 25.6. The number of piperazine rings is 1. The molecule has 13 nitrogen and oxygen atoms in total. The van der Waals surface area contributed by atoms with E-state index in [0.29, 0.717) is 36.2 Å². The molecule has 1 saturated carbocycles. The van der Waals surface area contributed by atoms with Gasteiger partial charge in [-0.1, -0.05) is 70.2 Å². The normalized spacial score (nSPS) is 18.9. The van der Waals surface area contributed by atoms with Crippen LogP contribution in [0.15, 0.2) is 47.3 Å². The van der Waals surface area contributed by atoms with Crippen LogP contribution < -0.4 is 11.3 Å². The Hall–Kier alpha value is -4.08. The zero-order valence-electron chi connectivity index (χ0n) is 36.5. The second-order valence-corrected chi connectivity index (χ2v) is 16.4. The molecule has 60 heavy (non-hydrogen) atoms. The van der Waals surface area contributed by atoms with Crippen LogP contribution in [0.2, 0.25) is 0 Å². The van der Waals surface area contributed by atoms with Crippen molar-refractivity contribution in [2.24, 2.45) is 11.7 Å². The summed E-state index contributed by atoms with van der Waals surface area (Å²) in [6, 6.07) is 11.2. The highest BCUT2D eigenvalue weighted by Gasteiger charge is 2.33. The van der Waals surface area contributed by atoms with Gasteiger partial charge in [-0.3, -0.25) is 24.1 Å². The van der Waals surface area contributed by atoms with Crippen LogP contribution in [0.4, 0.5) is 4.39 Å². The van der Waals surface area contributed by atoms with E-state index in [1.165, 1.54) is 44.2 Å². The van der Waals surface area contributed by atoms with Crippen LogP contribution >= 0.6 is 0 Å². The summed E-state index contributed by atoms with van der Waals surface area (Å²) >= 11 is 0. The molecule has 1 unspecified atom stereocenters. The Bertz CT molecular complexity index is 1810. The van der Waals surface area contributed by atoms with Gasteiger partial charge in [0.1, 0.15) is 5.82 Å². The monoisotopic (exact) mass is 836 g/mol. The highest BCUT2D eigenvalue weighted by molar-refractivity contribution is 5.84. The standard InChI is InChI=1S/C25H45N5O3.C16H11FN2O2.C4H10.CH4O/c1-27-15-17-29(18-16-27)23(31)19-28-11-7-21(8-12-28)33-22-9-13-30(14-10-22)25(32)24(26)20-5-3-2-4-6-20;17-14-6-5-10(7-11(14)9-20)8-15-12-3-1-2-4-13(12)16(21)19-18-15;1-3-4-2;1-2/h20-22,24H,2-19,26H2,1H3;1-7,9H,8H2,(H,19,21);3-4H2,1-2H3;2H,1H3. The fourth-order valence-electron chi connectivity index (χ4n) is 8.23. The number of nitrogens with zero attached hydrogens (tertiary/aromatic N) is 5. The number of hydrogen-bond acceptors (Lipinski definition) is 10. The zero-order valence-corrected chi connectivity index (χ0v) is 36.5. The molecule has 332 valence electrons. The van der Waals surface area contributed by atoms with Crippen molar-refractivity contribution >= 4 is 28.9 Å². The number of aliphatic hydroxyl groups is 1. The van der Waals surface area contributed by atoms with Crippen molar-refractivity contribution in [1.82, 2.24) is 29.8 Å². The van der Waals surface area contributed by atoms with Gasteiger partial charge in [-0.25, -0.2) is 9.49 Å². The minimum Gasteiger partial charge on any atom is -0.400 e. The number of aromatic nitrogens is 2. The maximum Gasteiger partial charge on any atom is 0.272 e. The lowest BCUT2D eigenvalue weighted by molar-refractivity contribution is -0.139. The van der Waals surface area contributed by atoms with E-state index in [4.69, 9.17) is 15.6 Å². The van der Waals surface area contributed by atoms with E-state index >= 15 is 0 Å². The van der Waals surface area contributed by atoms with Crippen LogP contribution in [-0.4, -0.2) is 144 Å². The Kier molecular flexibility index (Phi) is 20.8. The van der Waals surface area contributed by atoms with Crippen molar-refractivity contribution in [2.75, 3.05) is 73.1 Å². The number of unbranched alkanes of at least 4 members (excludes halogenated alkanes) is 1. The molecule has 1 aromatic heterocycles. The highest BCUT2D eigenvalue weighted by Crippen LogP contribution is 2.28.